The zero-order chi connectivity index (χ0) is 13.3. The fraction of sp³-hybridized carbons (Fsp3) is 0.167. The SMILES string of the molecule is Cc1ccc(N)c(NS(=O)(=O)c2cccs2)c1C. The smallest absolute Gasteiger partial charge is 0.271 e. The van der Waals surface area contributed by atoms with E-state index >= 15 is 0 Å². The van der Waals surface area contributed by atoms with Crippen LogP contribution < -0.4 is 10.5 Å². The molecule has 0 saturated heterocycles. The molecule has 0 atom stereocenters. The molecule has 1 heterocycles. The van der Waals surface area contributed by atoms with Crippen LogP contribution in [0.5, 0.6) is 0 Å². The number of nitrogen functional groups attached to an aromatic ring is 1. The van der Waals surface area contributed by atoms with Crippen molar-refractivity contribution < 1.29 is 8.42 Å². The van der Waals surface area contributed by atoms with E-state index in [0.717, 1.165) is 11.1 Å². The summed E-state index contributed by atoms with van der Waals surface area (Å²) in [5.74, 6) is 0. The topological polar surface area (TPSA) is 72.2 Å². The van der Waals surface area contributed by atoms with E-state index < -0.39 is 10.0 Å². The fourth-order valence-electron chi connectivity index (χ4n) is 1.57. The first-order valence-corrected chi connectivity index (χ1v) is 7.70. The zero-order valence-corrected chi connectivity index (χ0v) is 11.7. The van der Waals surface area contributed by atoms with Crippen molar-refractivity contribution in [2.24, 2.45) is 0 Å². The molecule has 0 amide bonds. The van der Waals surface area contributed by atoms with E-state index in [1.54, 1.807) is 23.6 Å². The lowest BCUT2D eigenvalue weighted by Crippen LogP contribution is -2.14. The monoisotopic (exact) mass is 282 g/mol. The predicted molar refractivity (Wildman–Crippen MR) is 75.5 cm³/mol. The van der Waals surface area contributed by atoms with E-state index in [2.05, 4.69) is 4.72 Å². The highest BCUT2D eigenvalue weighted by molar-refractivity contribution is 7.94. The van der Waals surface area contributed by atoms with Gasteiger partial charge in [-0.25, -0.2) is 8.42 Å². The van der Waals surface area contributed by atoms with Gasteiger partial charge in [-0.2, -0.15) is 0 Å². The average Bonchev–Trinajstić information content (AvgIpc) is 2.84. The van der Waals surface area contributed by atoms with Crippen molar-refractivity contribution in [1.82, 2.24) is 0 Å². The maximum atomic E-state index is 12.1. The van der Waals surface area contributed by atoms with Crippen LogP contribution in [-0.4, -0.2) is 8.42 Å². The summed E-state index contributed by atoms with van der Waals surface area (Å²) in [5, 5.41) is 1.72. The number of nitrogens with two attached hydrogens (primary N) is 1. The van der Waals surface area contributed by atoms with Gasteiger partial charge in [0, 0.05) is 0 Å². The second-order valence-corrected chi connectivity index (χ2v) is 6.87. The number of hydrogen-bond donors (Lipinski definition) is 2. The van der Waals surface area contributed by atoms with Gasteiger partial charge >= 0.3 is 0 Å². The van der Waals surface area contributed by atoms with Crippen molar-refractivity contribution in [2.75, 3.05) is 10.5 Å². The number of hydrogen-bond acceptors (Lipinski definition) is 4. The van der Waals surface area contributed by atoms with Gasteiger partial charge in [0.1, 0.15) is 4.21 Å². The van der Waals surface area contributed by atoms with E-state index in [9.17, 15) is 8.42 Å². The summed E-state index contributed by atoms with van der Waals surface area (Å²) in [6.45, 7) is 3.76. The number of benzene rings is 1. The van der Waals surface area contributed by atoms with Crippen LogP contribution in [0.1, 0.15) is 11.1 Å². The van der Waals surface area contributed by atoms with Crippen LogP contribution >= 0.6 is 11.3 Å². The highest BCUT2D eigenvalue weighted by Gasteiger charge is 2.18. The van der Waals surface area contributed by atoms with Crippen molar-refractivity contribution in [3.05, 3.63) is 40.8 Å². The average molecular weight is 282 g/mol. The van der Waals surface area contributed by atoms with Crippen LogP contribution in [0.15, 0.2) is 33.9 Å². The minimum atomic E-state index is -3.54. The largest absolute Gasteiger partial charge is 0.397 e. The summed E-state index contributed by atoms with van der Waals surface area (Å²) < 4.78 is 27.1. The maximum absolute atomic E-state index is 12.1. The van der Waals surface area contributed by atoms with Crippen LogP contribution in [0.2, 0.25) is 0 Å². The number of sulfonamides is 1. The number of nitrogens with one attached hydrogen (secondary N) is 1. The standard InChI is InChI=1S/C12H14N2O2S2/c1-8-5-6-10(13)12(9(8)2)14-18(15,16)11-4-3-7-17-11/h3-7,14H,13H2,1-2H3. The molecule has 0 aliphatic rings. The first-order chi connectivity index (χ1) is 8.42. The van der Waals surface area contributed by atoms with Crippen LogP contribution in [0.25, 0.3) is 0 Å². The first kappa shape index (κ1) is 12.9. The van der Waals surface area contributed by atoms with Gasteiger partial charge in [0.2, 0.25) is 0 Å². The highest BCUT2D eigenvalue weighted by Crippen LogP contribution is 2.29. The minimum Gasteiger partial charge on any atom is -0.397 e. The van der Waals surface area contributed by atoms with Gasteiger partial charge in [-0.15, -0.1) is 11.3 Å². The van der Waals surface area contributed by atoms with Gasteiger partial charge < -0.3 is 5.73 Å². The molecule has 0 spiro atoms. The third-order valence-corrected chi connectivity index (χ3v) is 5.51. The van der Waals surface area contributed by atoms with Crippen LogP contribution in [0.4, 0.5) is 11.4 Å². The molecule has 0 unspecified atom stereocenters. The van der Waals surface area contributed by atoms with Crippen LogP contribution in [0.3, 0.4) is 0 Å². The van der Waals surface area contributed by atoms with Gasteiger partial charge in [0.25, 0.3) is 10.0 Å². The predicted octanol–water partition coefficient (Wildman–Crippen LogP) is 2.75. The molecule has 0 saturated carbocycles. The molecule has 2 aromatic rings. The summed E-state index contributed by atoms with van der Waals surface area (Å²) in [7, 11) is -3.54. The van der Waals surface area contributed by atoms with Crippen molar-refractivity contribution in [2.45, 2.75) is 18.1 Å². The summed E-state index contributed by atoms with van der Waals surface area (Å²) in [5.41, 5.74) is 8.55. The number of thiophene rings is 1. The van der Waals surface area contributed by atoms with Crippen molar-refractivity contribution >= 4 is 32.7 Å². The number of rotatable bonds is 3. The lowest BCUT2D eigenvalue weighted by Gasteiger charge is -2.13. The molecule has 96 valence electrons. The normalized spacial score (nSPS) is 11.4. The molecule has 2 rings (SSSR count). The molecule has 6 heteroatoms. The van der Waals surface area contributed by atoms with Gasteiger partial charge in [0.15, 0.2) is 0 Å². The molecule has 0 radical (unpaired) electrons. The Balaban J connectivity index is 2.45. The van der Waals surface area contributed by atoms with E-state index in [0.29, 0.717) is 11.4 Å². The molecular formula is C12H14N2O2S2. The van der Waals surface area contributed by atoms with Crippen LogP contribution in [-0.2, 0) is 10.0 Å². The quantitative estimate of drug-likeness (QED) is 0.850. The summed E-state index contributed by atoms with van der Waals surface area (Å²) >= 11 is 1.17. The van der Waals surface area contributed by atoms with Gasteiger partial charge in [-0.1, -0.05) is 12.1 Å². The van der Waals surface area contributed by atoms with E-state index in [4.69, 9.17) is 5.73 Å². The van der Waals surface area contributed by atoms with Crippen molar-refractivity contribution in [1.29, 1.82) is 0 Å². The zero-order valence-electron chi connectivity index (χ0n) is 10.1. The third kappa shape index (κ3) is 2.34. The van der Waals surface area contributed by atoms with Crippen molar-refractivity contribution in [3.8, 4) is 0 Å². The molecule has 0 bridgehead atoms. The summed E-state index contributed by atoms with van der Waals surface area (Å²) in [6, 6.07) is 6.84. The van der Waals surface area contributed by atoms with Crippen molar-refractivity contribution in [3.63, 3.8) is 0 Å². The molecule has 0 aliphatic heterocycles. The molecule has 18 heavy (non-hydrogen) atoms. The molecule has 1 aromatic carbocycles. The van der Waals surface area contributed by atoms with Crippen LogP contribution in [0, 0.1) is 13.8 Å². The molecule has 1 aromatic heterocycles. The minimum absolute atomic E-state index is 0.280. The second-order valence-electron chi connectivity index (χ2n) is 4.01. The lowest BCUT2D eigenvalue weighted by molar-refractivity contribution is 0.603. The number of anilines is 2. The van der Waals surface area contributed by atoms with E-state index in [-0.39, 0.29) is 4.21 Å². The molecule has 3 N–H and O–H groups in total. The number of aryl methyl sites for hydroxylation is 1. The maximum Gasteiger partial charge on any atom is 0.271 e. The Bertz CT molecular complexity index is 662. The Hall–Kier alpha value is -1.53. The second kappa shape index (κ2) is 4.62. The summed E-state index contributed by atoms with van der Waals surface area (Å²) in [6.07, 6.45) is 0. The highest BCUT2D eigenvalue weighted by atomic mass is 32.2. The molecule has 0 fully saturated rings. The summed E-state index contributed by atoms with van der Waals surface area (Å²) in [4.78, 5) is 0. The Labute approximate surface area is 111 Å². The molecular weight excluding hydrogens is 268 g/mol. The lowest BCUT2D eigenvalue weighted by atomic mass is 10.1. The van der Waals surface area contributed by atoms with Gasteiger partial charge in [0.05, 0.1) is 11.4 Å². The molecule has 0 aliphatic carbocycles. The fourth-order valence-corrected chi connectivity index (χ4v) is 3.72. The third-order valence-electron chi connectivity index (χ3n) is 2.76. The Kier molecular flexibility index (Phi) is 3.32. The Morgan fingerprint density at radius 2 is 1.94 bits per heavy atom. The molecule has 4 nitrogen and oxygen atoms in total. The van der Waals surface area contributed by atoms with Gasteiger partial charge in [-0.3, -0.25) is 4.72 Å². The Morgan fingerprint density at radius 1 is 1.22 bits per heavy atom. The van der Waals surface area contributed by atoms with E-state index in [1.807, 2.05) is 19.9 Å². The van der Waals surface area contributed by atoms with Gasteiger partial charge in [-0.05, 0) is 42.5 Å². The first-order valence-electron chi connectivity index (χ1n) is 5.34. The Morgan fingerprint density at radius 3 is 2.56 bits per heavy atom. The van der Waals surface area contributed by atoms with E-state index in [1.165, 1.54) is 11.3 Å².